The highest BCUT2D eigenvalue weighted by Crippen LogP contribution is 2.38. The Hall–Kier alpha value is -2.41. The van der Waals surface area contributed by atoms with Gasteiger partial charge in [0.25, 0.3) is 0 Å². The zero-order valence-corrected chi connectivity index (χ0v) is 12.4. The lowest BCUT2D eigenvalue weighted by atomic mass is 10.0. The summed E-state index contributed by atoms with van der Waals surface area (Å²) in [6.07, 6.45) is 1.61. The average molecular weight is 310 g/mol. The monoisotopic (exact) mass is 309 g/mol. The summed E-state index contributed by atoms with van der Waals surface area (Å²) in [5.74, 6) is 2.42. The van der Waals surface area contributed by atoms with E-state index >= 15 is 0 Å². The van der Waals surface area contributed by atoms with E-state index in [1.165, 1.54) is 0 Å². The van der Waals surface area contributed by atoms with Gasteiger partial charge in [-0.05, 0) is 12.1 Å². The number of aromatic nitrogens is 2. The van der Waals surface area contributed by atoms with Crippen molar-refractivity contribution >= 4 is 24.2 Å². The van der Waals surface area contributed by atoms with Crippen LogP contribution >= 0.6 is 12.4 Å². The van der Waals surface area contributed by atoms with Gasteiger partial charge >= 0.3 is 0 Å². The molecule has 21 heavy (non-hydrogen) atoms. The Morgan fingerprint density at radius 2 is 2.05 bits per heavy atom. The molecule has 4 N–H and O–H groups in total. The Balaban J connectivity index is 0.00000161. The number of hydrogen-bond acceptors (Lipinski definition) is 6. The minimum atomic E-state index is -0.283. The number of nitrogens with one attached hydrogen (secondary N) is 2. The van der Waals surface area contributed by atoms with Crippen LogP contribution < -0.4 is 20.5 Å². The maximum atomic E-state index is 5.80. The first-order valence-corrected chi connectivity index (χ1v) is 6.08. The van der Waals surface area contributed by atoms with Gasteiger partial charge in [-0.15, -0.1) is 12.4 Å². The molecule has 0 saturated heterocycles. The van der Waals surface area contributed by atoms with Crippen LogP contribution in [0.4, 0.5) is 5.82 Å². The van der Waals surface area contributed by atoms with Gasteiger partial charge in [0.15, 0.2) is 11.8 Å². The number of imidazole rings is 1. The predicted octanol–water partition coefficient (Wildman–Crippen LogP) is 1.68. The molecule has 0 bridgehead atoms. The van der Waals surface area contributed by atoms with E-state index in [0.29, 0.717) is 17.5 Å². The van der Waals surface area contributed by atoms with Gasteiger partial charge in [0.2, 0.25) is 0 Å². The number of H-pyrrole nitrogens is 1. The number of guanidine groups is 1. The maximum absolute atomic E-state index is 5.80. The van der Waals surface area contributed by atoms with Crippen LogP contribution in [0.15, 0.2) is 29.5 Å². The van der Waals surface area contributed by atoms with Gasteiger partial charge in [-0.3, -0.25) is 0 Å². The van der Waals surface area contributed by atoms with Crippen molar-refractivity contribution in [3.05, 3.63) is 35.8 Å². The lowest BCUT2D eigenvalue weighted by Gasteiger charge is -2.21. The number of ether oxygens (including phenoxy) is 2. The van der Waals surface area contributed by atoms with Gasteiger partial charge in [-0.25, -0.2) is 9.98 Å². The molecule has 1 unspecified atom stereocenters. The fraction of sp³-hybridized carbons (Fsp3) is 0.231. The summed E-state index contributed by atoms with van der Waals surface area (Å²) in [7, 11) is 3.22. The smallest absolute Gasteiger partial charge is 0.195 e. The summed E-state index contributed by atoms with van der Waals surface area (Å²) in [5, 5.41) is 2.92. The molecule has 0 amide bonds. The third-order valence-corrected chi connectivity index (χ3v) is 3.19. The van der Waals surface area contributed by atoms with E-state index in [0.717, 1.165) is 17.0 Å². The number of aliphatic imine (C=N–C) groups is 1. The van der Waals surface area contributed by atoms with Gasteiger partial charge in [-0.2, -0.15) is 0 Å². The molecule has 7 nitrogen and oxygen atoms in total. The first-order chi connectivity index (χ1) is 9.72. The Bertz CT molecular complexity index is 670. The second-order valence-electron chi connectivity index (χ2n) is 4.31. The van der Waals surface area contributed by atoms with Crippen LogP contribution in [0.5, 0.6) is 11.5 Å². The number of nitrogens with zero attached hydrogens (tertiary/aromatic N) is 2. The average Bonchev–Trinajstić information content (AvgIpc) is 2.93. The summed E-state index contributed by atoms with van der Waals surface area (Å²) >= 11 is 0. The van der Waals surface area contributed by atoms with Crippen molar-refractivity contribution in [2.45, 2.75) is 6.04 Å². The summed E-state index contributed by atoms with van der Waals surface area (Å²) in [6, 6.07) is 5.31. The highest BCUT2D eigenvalue weighted by atomic mass is 35.5. The Labute approximate surface area is 128 Å². The largest absolute Gasteiger partial charge is 0.497 e. The molecular formula is C13H16ClN5O2. The minimum absolute atomic E-state index is 0. The molecule has 2 aromatic rings. The third-order valence-electron chi connectivity index (χ3n) is 3.19. The number of aromatic amines is 1. The molecule has 1 aliphatic heterocycles. The Kier molecular flexibility index (Phi) is 4.23. The Morgan fingerprint density at radius 1 is 1.24 bits per heavy atom. The van der Waals surface area contributed by atoms with E-state index in [-0.39, 0.29) is 18.4 Å². The molecule has 1 aromatic carbocycles. The molecule has 1 aliphatic rings. The normalized spacial score (nSPS) is 16.1. The lowest BCUT2D eigenvalue weighted by molar-refractivity contribution is 0.389. The summed E-state index contributed by atoms with van der Waals surface area (Å²) in [5.41, 5.74) is 7.55. The highest BCUT2D eigenvalue weighted by Gasteiger charge is 2.26. The predicted molar refractivity (Wildman–Crippen MR) is 82.5 cm³/mol. The molecule has 2 heterocycles. The highest BCUT2D eigenvalue weighted by molar-refractivity contribution is 5.94. The van der Waals surface area contributed by atoms with Crippen LogP contribution in [0, 0.1) is 0 Å². The molecule has 0 aliphatic carbocycles. The van der Waals surface area contributed by atoms with Gasteiger partial charge < -0.3 is 25.5 Å². The molecule has 0 spiro atoms. The molecule has 1 atom stereocenters. The molecule has 0 fully saturated rings. The number of nitrogens with two attached hydrogens (primary N) is 1. The van der Waals surface area contributed by atoms with Gasteiger partial charge in [-0.1, -0.05) is 0 Å². The van der Waals surface area contributed by atoms with Crippen LogP contribution in [0.1, 0.15) is 17.3 Å². The van der Waals surface area contributed by atoms with Crippen LogP contribution in [-0.2, 0) is 0 Å². The van der Waals surface area contributed by atoms with Gasteiger partial charge in [0.1, 0.15) is 17.5 Å². The second-order valence-corrected chi connectivity index (χ2v) is 4.31. The molecule has 1 aromatic heterocycles. The van der Waals surface area contributed by atoms with Crippen LogP contribution in [0.2, 0.25) is 0 Å². The number of benzene rings is 1. The van der Waals surface area contributed by atoms with E-state index < -0.39 is 0 Å². The SMILES string of the molecule is COc1ccc(C2N=C(N)Nc3nc[nH]c32)c(OC)c1.Cl. The zero-order chi connectivity index (χ0) is 14.1. The standard InChI is InChI=1S/C13H15N5O2.ClH/c1-19-7-3-4-8(9(5-7)20-2)10-11-12(16-6-15-11)18-13(14)17-10;/h3-6,10H,1-2H3,(H,15,16)(H3,14,17,18);1H. The first kappa shape index (κ1) is 15.0. The fourth-order valence-corrected chi connectivity index (χ4v) is 2.24. The van der Waals surface area contributed by atoms with E-state index in [4.69, 9.17) is 15.2 Å². The Morgan fingerprint density at radius 3 is 2.76 bits per heavy atom. The molecule has 0 saturated carbocycles. The second kappa shape index (κ2) is 5.92. The quantitative estimate of drug-likeness (QED) is 0.801. The molecule has 112 valence electrons. The number of methoxy groups -OCH3 is 2. The maximum Gasteiger partial charge on any atom is 0.195 e. The van der Waals surface area contributed by atoms with E-state index in [1.54, 1.807) is 20.5 Å². The summed E-state index contributed by atoms with van der Waals surface area (Å²) in [4.78, 5) is 11.7. The molecular weight excluding hydrogens is 294 g/mol. The summed E-state index contributed by atoms with van der Waals surface area (Å²) in [6.45, 7) is 0. The van der Waals surface area contributed by atoms with Crippen molar-refractivity contribution in [1.29, 1.82) is 0 Å². The molecule has 3 rings (SSSR count). The zero-order valence-electron chi connectivity index (χ0n) is 11.6. The molecule has 8 heteroatoms. The molecule has 0 radical (unpaired) electrons. The number of anilines is 1. The van der Waals surface area contributed by atoms with Crippen molar-refractivity contribution in [3.63, 3.8) is 0 Å². The van der Waals surface area contributed by atoms with E-state index in [9.17, 15) is 0 Å². The summed E-state index contributed by atoms with van der Waals surface area (Å²) < 4.78 is 10.6. The first-order valence-electron chi connectivity index (χ1n) is 6.08. The van der Waals surface area contributed by atoms with Crippen molar-refractivity contribution in [1.82, 2.24) is 9.97 Å². The van der Waals surface area contributed by atoms with Crippen LogP contribution in [0.25, 0.3) is 0 Å². The lowest BCUT2D eigenvalue weighted by Crippen LogP contribution is -2.28. The van der Waals surface area contributed by atoms with Crippen molar-refractivity contribution in [2.75, 3.05) is 19.5 Å². The van der Waals surface area contributed by atoms with Crippen LogP contribution in [-0.4, -0.2) is 30.1 Å². The van der Waals surface area contributed by atoms with Crippen molar-refractivity contribution < 1.29 is 9.47 Å². The van der Waals surface area contributed by atoms with E-state index in [2.05, 4.69) is 20.3 Å². The fourth-order valence-electron chi connectivity index (χ4n) is 2.24. The number of rotatable bonds is 3. The number of fused-ring (bicyclic) bond motifs is 1. The van der Waals surface area contributed by atoms with E-state index in [1.807, 2.05) is 18.2 Å². The van der Waals surface area contributed by atoms with Crippen LogP contribution in [0.3, 0.4) is 0 Å². The van der Waals surface area contributed by atoms with Crippen molar-refractivity contribution in [2.24, 2.45) is 10.7 Å². The minimum Gasteiger partial charge on any atom is -0.497 e. The number of hydrogen-bond donors (Lipinski definition) is 3. The topological polar surface area (TPSA) is 97.5 Å². The number of halogens is 1. The van der Waals surface area contributed by atoms with Gasteiger partial charge in [0.05, 0.1) is 26.2 Å². The van der Waals surface area contributed by atoms with Crippen molar-refractivity contribution in [3.8, 4) is 11.5 Å². The third kappa shape index (κ3) is 2.59. The van der Waals surface area contributed by atoms with Gasteiger partial charge in [0, 0.05) is 11.6 Å².